The fourth-order valence-corrected chi connectivity index (χ4v) is 2.35. The van der Waals surface area contributed by atoms with Gasteiger partial charge in [-0.15, -0.1) is 0 Å². The minimum Gasteiger partial charge on any atom is -0.508 e. The molecule has 3 rings (SSSR count). The lowest BCUT2D eigenvalue weighted by Gasteiger charge is -2.11. The lowest BCUT2D eigenvalue weighted by molar-refractivity contribution is -0.113. The number of aromatic nitrogens is 1. The Morgan fingerprint density at radius 1 is 0.963 bits per heavy atom. The highest BCUT2D eigenvalue weighted by Crippen LogP contribution is 2.16. The van der Waals surface area contributed by atoms with Crippen molar-refractivity contribution < 1.29 is 14.7 Å². The van der Waals surface area contributed by atoms with Gasteiger partial charge in [-0.05, 0) is 42.0 Å². The molecule has 1 heterocycles. The third-order valence-corrected chi connectivity index (χ3v) is 3.63. The van der Waals surface area contributed by atoms with Crippen molar-refractivity contribution in [1.82, 2.24) is 10.3 Å². The molecule has 0 spiro atoms. The highest BCUT2D eigenvalue weighted by atomic mass is 16.3. The quantitative estimate of drug-likeness (QED) is 0.610. The maximum absolute atomic E-state index is 12.7. The number of carbonyl (C=O) groups excluding carboxylic acids is 2. The Morgan fingerprint density at radius 3 is 2.48 bits per heavy atom. The molecule has 0 radical (unpaired) electrons. The molecule has 2 aromatic carbocycles. The fraction of sp³-hybridized carbons (Fsp3) is 0. The summed E-state index contributed by atoms with van der Waals surface area (Å²) in [7, 11) is 0. The molecule has 134 valence electrons. The Labute approximate surface area is 156 Å². The van der Waals surface area contributed by atoms with Gasteiger partial charge in [-0.2, -0.15) is 0 Å². The van der Waals surface area contributed by atoms with Crippen molar-refractivity contribution >= 4 is 23.6 Å². The largest absolute Gasteiger partial charge is 0.508 e. The molecule has 0 bridgehead atoms. The molecular formula is C21H17N3O3. The molecular weight excluding hydrogens is 342 g/mol. The molecule has 0 aliphatic carbocycles. The highest BCUT2D eigenvalue weighted by Gasteiger charge is 2.15. The van der Waals surface area contributed by atoms with Crippen LogP contribution in [0.15, 0.2) is 84.8 Å². The molecule has 3 aromatic rings. The SMILES string of the molecule is O=C(Nc1cccc(O)c1)/C(=C/c1cccnc1)NC(=O)c1ccccc1. The Hall–Kier alpha value is -3.93. The molecule has 27 heavy (non-hydrogen) atoms. The number of hydrogen-bond acceptors (Lipinski definition) is 4. The zero-order valence-electron chi connectivity index (χ0n) is 14.3. The first kappa shape index (κ1) is 17.9. The Bertz CT molecular complexity index is 970. The zero-order chi connectivity index (χ0) is 19.1. The predicted molar refractivity (Wildman–Crippen MR) is 103 cm³/mol. The fourth-order valence-electron chi connectivity index (χ4n) is 2.35. The molecule has 1 aromatic heterocycles. The molecule has 0 atom stereocenters. The average molecular weight is 359 g/mol. The van der Waals surface area contributed by atoms with E-state index in [1.807, 2.05) is 0 Å². The summed E-state index contributed by atoms with van der Waals surface area (Å²) in [4.78, 5) is 29.2. The second kappa shape index (κ2) is 8.44. The number of anilines is 1. The number of amides is 2. The topological polar surface area (TPSA) is 91.3 Å². The number of nitrogens with one attached hydrogen (secondary N) is 2. The molecule has 2 amide bonds. The monoisotopic (exact) mass is 359 g/mol. The van der Waals surface area contributed by atoms with Crippen molar-refractivity contribution in [3.05, 3.63) is 95.9 Å². The molecule has 0 fully saturated rings. The molecule has 3 N–H and O–H groups in total. The number of benzene rings is 2. The van der Waals surface area contributed by atoms with Crippen LogP contribution in [0.4, 0.5) is 5.69 Å². The smallest absolute Gasteiger partial charge is 0.272 e. The van der Waals surface area contributed by atoms with Gasteiger partial charge in [-0.25, -0.2) is 0 Å². The second-order valence-corrected chi connectivity index (χ2v) is 5.67. The van der Waals surface area contributed by atoms with Crippen LogP contribution in [-0.2, 0) is 4.79 Å². The third kappa shape index (κ3) is 5.02. The van der Waals surface area contributed by atoms with Crippen LogP contribution in [0.3, 0.4) is 0 Å². The van der Waals surface area contributed by atoms with Crippen LogP contribution in [-0.4, -0.2) is 21.9 Å². The Balaban J connectivity index is 1.86. The maximum Gasteiger partial charge on any atom is 0.272 e. The van der Waals surface area contributed by atoms with Crippen molar-refractivity contribution in [2.24, 2.45) is 0 Å². The van der Waals surface area contributed by atoms with E-state index in [0.717, 1.165) is 0 Å². The van der Waals surface area contributed by atoms with E-state index in [4.69, 9.17) is 0 Å². The van der Waals surface area contributed by atoms with Gasteiger partial charge in [0.15, 0.2) is 0 Å². The van der Waals surface area contributed by atoms with Gasteiger partial charge in [0, 0.05) is 29.7 Å². The molecule has 0 aliphatic rings. The number of phenolic OH excluding ortho intramolecular Hbond substituents is 1. The van der Waals surface area contributed by atoms with E-state index >= 15 is 0 Å². The lowest BCUT2D eigenvalue weighted by Crippen LogP contribution is -2.30. The van der Waals surface area contributed by atoms with Gasteiger partial charge < -0.3 is 15.7 Å². The first-order valence-corrected chi connectivity index (χ1v) is 8.20. The van der Waals surface area contributed by atoms with Gasteiger partial charge in [0.1, 0.15) is 11.4 Å². The number of phenols is 1. The van der Waals surface area contributed by atoms with Crippen LogP contribution < -0.4 is 10.6 Å². The summed E-state index contributed by atoms with van der Waals surface area (Å²) in [5, 5.41) is 14.8. The van der Waals surface area contributed by atoms with E-state index in [-0.39, 0.29) is 11.4 Å². The number of aromatic hydroxyl groups is 1. The minimum atomic E-state index is -0.520. The van der Waals surface area contributed by atoms with E-state index < -0.39 is 11.8 Å². The van der Waals surface area contributed by atoms with Crippen LogP contribution in [0.25, 0.3) is 6.08 Å². The van der Waals surface area contributed by atoms with Crippen LogP contribution >= 0.6 is 0 Å². The van der Waals surface area contributed by atoms with Gasteiger partial charge in [0.05, 0.1) is 0 Å². The van der Waals surface area contributed by atoms with Crippen LogP contribution in [0.2, 0.25) is 0 Å². The standard InChI is InChI=1S/C21H17N3O3/c25-18-10-4-9-17(13-18)23-21(27)19(12-15-6-5-11-22-14-15)24-20(26)16-7-2-1-3-8-16/h1-14,25H,(H,23,27)(H,24,26)/b19-12-. The van der Waals surface area contributed by atoms with Crippen LogP contribution in [0.5, 0.6) is 5.75 Å². The average Bonchev–Trinajstić information content (AvgIpc) is 2.69. The normalized spacial score (nSPS) is 10.9. The summed E-state index contributed by atoms with van der Waals surface area (Å²) in [6.07, 6.45) is 4.73. The van der Waals surface area contributed by atoms with E-state index in [9.17, 15) is 14.7 Å². The van der Waals surface area contributed by atoms with E-state index in [2.05, 4.69) is 15.6 Å². The van der Waals surface area contributed by atoms with Crippen molar-refractivity contribution in [1.29, 1.82) is 0 Å². The first-order chi connectivity index (χ1) is 13.1. The molecule has 0 saturated heterocycles. The van der Waals surface area contributed by atoms with E-state index in [1.165, 1.54) is 18.2 Å². The van der Waals surface area contributed by atoms with Crippen LogP contribution in [0.1, 0.15) is 15.9 Å². The van der Waals surface area contributed by atoms with Crippen molar-refractivity contribution in [2.75, 3.05) is 5.32 Å². The predicted octanol–water partition coefficient (Wildman–Crippen LogP) is 3.20. The Kier molecular flexibility index (Phi) is 5.59. The molecule has 0 unspecified atom stereocenters. The van der Waals surface area contributed by atoms with Gasteiger partial charge in [-0.1, -0.05) is 30.3 Å². The molecule has 0 aliphatic heterocycles. The summed E-state index contributed by atoms with van der Waals surface area (Å²) in [6.45, 7) is 0. The van der Waals surface area contributed by atoms with Gasteiger partial charge in [0.25, 0.3) is 11.8 Å². The molecule has 0 saturated carbocycles. The summed E-state index contributed by atoms with van der Waals surface area (Å²) < 4.78 is 0. The molecule has 6 heteroatoms. The first-order valence-electron chi connectivity index (χ1n) is 8.20. The molecule has 6 nitrogen and oxygen atoms in total. The summed E-state index contributed by atoms with van der Waals surface area (Å²) in [6, 6.07) is 18.3. The van der Waals surface area contributed by atoms with Crippen LogP contribution in [0, 0.1) is 0 Å². The summed E-state index contributed by atoms with van der Waals surface area (Å²) in [5.41, 5.74) is 1.55. The number of pyridine rings is 1. The third-order valence-electron chi connectivity index (χ3n) is 3.63. The van der Waals surface area contributed by atoms with Crippen molar-refractivity contribution in [2.45, 2.75) is 0 Å². The summed E-state index contributed by atoms with van der Waals surface area (Å²) >= 11 is 0. The van der Waals surface area contributed by atoms with Gasteiger partial charge >= 0.3 is 0 Å². The minimum absolute atomic E-state index is 0.0268. The summed E-state index contributed by atoms with van der Waals surface area (Å²) in [5.74, 6) is -0.899. The van der Waals surface area contributed by atoms with E-state index in [0.29, 0.717) is 16.8 Å². The number of rotatable bonds is 5. The van der Waals surface area contributed by atoms with Gasteiger partial charge in [0.2, 0.25) is 0 Å². The number of carbonyl (C=O) groups is 2. The number of nitrogens with zero attached hydrogens (tertiary/aromatic N) is 1. The Morgan fingerprint density at radius 2 is 1.78 bits per heavy atom. The van der Waals surface area contributed by atoms with Crippen molar-refractivity contribution in [3.63, 3.8) is 0 Å². The maximum atomic E-state index is 12.7. The van der Waals surface area contributed by atoms with E-state index in [1.54, 1.807) is 67.0 Å². The van der Waals surface area contributed by atoms with Gasteiger partial charge in [-0.3, -0.25) is 14.6 Å². The number of hydrogen-bond donors (Lipinski definition) is 3. The zero-order valence-corrected chi connectivity index (χ0v) is 14.3. The highest BCUT2D eigenvalue weighted by molar-refractivity contribution is 6.10. The lowest BCUT2D eigenvalue weighted by atomic mass is 10.2. The van der Waals surface area contributed by atoms with Crippen molar-refractivity contribution in [3.8, 4) is 5.75 Å². The second-order valence-electron chi connectivity index (χ2n) is 5.67.